The van der Waals surface area contributed by atoms with Gasteiger partial charge in [-0.1, -0.05) is 13.0 Å². The molecule has 0 spiro atoms. The molecule has 0 aliphatic heterocycles. The molecule has 0 radical (unpaired) electrons. The fourth-order valence-electron chi connectivity index (χ4n) is 1.03. The minimum atomic E-state index is -0.315. The molecule has 0 amide bonds. The fraction of sp³-hybridized carbons (Fsp3) is 0.333. The molecule has 12 heavy (non-hydrogen) atoms. The number of hydrogen-bond acceptors (Lipinski definition) is 1. The highest BCUT2D eigenvalue weighted by Gasteiger charge is 2.11. The van der Waals surface area contributed by atoms with Gasteiger partial charge in [-0.05, 0) is 63.7 Å². The zero-order valence-electron chi connectivity index (χ0n) is 6.72. The molecular formula is C9H10I2O. The fourth-order valence-corrected chi connectivity index (χ4v) is 3.26. The molecule has 1 aromatic carbocycles. The third kappa shape index (κ3) is 2.32. The van der Waals surface area contributed by atoms with E-state index in [2.05, 4.69) is 45.2 Å². The lowest BCUT2D eigenvalue weighted by molar-refractivity contribution is 0.172. The number of hydrogen-bond donors (Lipinski definition) is 1. The number of aliphatic hydroxyl groups is 1. The maximum Gasteiger partial charge on any atom is 0.0808 e. The summed E-state index contributed by atoms with van der Waals surface area (Å²) in [5.74, 6) is 0. The molecule has 1 N–H and O–H groups in total. The van der Waals surface area contributed by atoms with E-state index in [0.717, 1.165) is 19.1 Å². The van der Waals surface area contributed by atoms with Gasteiger partial charge in [-0.2, -0.15) is 0 Å². The quantitative estimate of drug-likeness (QED) is 0.771. The van der Waals surface area contributed by atoms with Crippen LogP contribution in [0.2, 0.25) is 0 Å². The molecule has 1 aromatic rings. The van der Waals surface area contributed by atoms with Crippen LogP contribution in [0, 0.1) is 7.14 Å². The molecule has 1 nitrogen and oxygen atoms in total. The predicted molar refractivity (Wildman–Crippen MR) is 67.1 cm³/mol. The standard InChI is InChI=1S/C9H10I2O/c1-2-8(12)9-6(10)4-3-5-7(9)11/h3-5,8,12H,2H2,1H3. The summed E-state index contributed by atoms with van der Waals surface area (Å²) in [6.07, 6.45) is 0.459. The van der Waals surface area contributed by atoms with Crippen LogP contribution in [0.25, 0.3) is 0 Å². The number of halogens is 2. The van der Waals surface area contributed by atoms with Gasteiger partial charge in [0.25, 0.3) is 0 Å². The van der Waals surface area contributed by atoms with Crippen molar-refractivity contribution in [2.24, 2.45) is 0 Å². The monoisotopic (exact) mass is 388 g/mol. The van der Waals surface area contributed by atoms with Crippen molar-refractivity contribution in [2.45, 2.75) is 19.4 Å². The molecule has 0 aliphatic rings. The van der Waals surface area contributed by atoms with Crippen LogP contribution in [0.3, 0.4) is 0 Å². The van der Waals surface area contributed by atoms with Crippen molar-refractivity contribution in [3.63, 3.8) is 0 Å². The van der Waals surface area contributed by atoms with Crippen LogP contribution >= 0.6 is 45.2 Å². The Bertz CT molecular complexity index is 253. The highest BCUT2D eigenvalue weighted by atomic mass is 127. The average molecular weight is 388 g/mol. The van der Waals surface area contributed by atoms with Gasteiger partial charge in [0.2, 0.25) is 0 Å². The third-order valence-electron chi connectivity index (χ3n) is 1.72. The third-order valence-corrected chi connectivity index (χ3v) is 3.60. The van der Waals surface area contributed by atoms with Crippen molar-refractivity contribution in [1.82, 2.24) is 0 Å². The SMILES string of the molecule is CCC(O)c1c(I)cccc1I. The first kappa shape index (κ1) is 10.7. The van der Waals surface area contributed by atoms with Crippen LogP contribution in [0.5, 0.6) is 0 Å². The van der Waals surface area contributed by atoms with Gasteiger partial charge in [0.05, 0.1) is 6.10 Å². The van der Waals surface area contributed by atoms with Gasteiger partial charge >= 0.3 is 0 Å². The molecule has 0 aliphatic carbocycles. The van der Waals surface area contributed by atoms with Crippen molar-refractivity contribution in [3.05, 3.63) is 30.9 Å². The van der Waals surface area contributed by atoms with Crippen LogP contribution in [-0.4, -0.2) is 5.11 Å². The molecule has 3 heteroatoms. The summed E-state index contributed by atoms with van der Waals surface area (Å²) in [5, 5.41) is 9.68. The molecule has 0 saturated carbocycles. The van der Waals surface area contributed by atoms with Gasteiger partial charge in [0.15, 0.2) is 0 Å². The van der Waals surface area contributed by atoms with E-state index in [-0.39, 0.29) is 6.10 Å². The average Bonchev–Trinajstić information content (AvgIpc) is 2.03. The molecule has 0 saturated heterocycles. The lowest BCUT2D eigenvalue weighted by atomic mass is 10.1. The van der Waals surface area contributed by atoms with Crippen LogP contribution in [0.1, 0.15) is 25.0 Å². The molecule has 0 heterocycles. The Morgan fingerprint density at radius 2 is 1.83 bits per heavy atom. The van der Waals surface area contributed by atoms with Crippen molar-refractivity contribution in [1.29, 1.82) is 0 Å². The molecule has 0 bridgehead atoms. The van der Waals surface area contributed by atoms with E-state index in [0.29, 0.717) is 0 Å². The molecule has 66 valence electrons. The second-order valence-corrected chi connectivity index (χ2v) is 4.88. The highest BCUT2D eigenvalue weighted by molar-refractivity contribution is 14.1. The Morgan fingerprint density at radius 3 is 2.25 bits per heavy atom. The minimum absolute atomic E-state index is 0.315. The Kier molecular flexibility index (Phi) is 4.25. The Hall–Kier alpha value is 0.640. The van der Waals surface area contributed by atoms with Gasteiger partial charge in [-0.15, -0.1) is 0 Å². The topological polar surface area (TPSA) is 20.2 Å². The zero-order valence-corrected chi connectivity index (χ0v) is 11.0. The Morgan fingerprint density at radius 1 is 1.33 bits per heavy atom. The van der Waals surface area contributed by atoms with Crippen LogP contribution in [-0.2, 0) is 0 Å². The summed E-state index contributed by atoms with van der Waals surface area (Å²) in [6, 6.07) is 6.06. The molecule has 1 atom stereocenters. The van der Waals surface area contributed by atoms with Gasteiger partial charge in [0.1, 0.15) is 0 Å². The van der Waals surface area contributed by atoms with E-state index in [1.54, 1.807) is 0 Å². The lowest BCUT2D eigenvalue weighted by Crippen LogP contribution is -2.00. The smallest absolute Gasteiger partial charge is 0.0808 e. The van der Waals surface area contributed by atoms with Gasteiger partial charge in [-0.25, -0.2) is 0 Å². The van der Waals surface area contributed by atoms with Crippen molar-refractivity contribution < 1.29 is 5.11 Å². The number of rotatable bonds is 2. The van der Waals surface area contributed by atoms with E-state index >= 15 is 0 Å². The van der Waals surface area contributed by atoms with Crippen LogP contribution < -0.4 is 0 Å². The number of aliphatic hydroxyl groups excluding tert-OH is 1. The van der Waals surface area contributed by atoms with E-state index in [1.165, 1.54) is 0 Å². The van der Waals surface area contributed by atoms with E-state index in [1.807, 2.05) is 25.1 Å². The normalized spacial score (nSPS) is 13.0. The summed E-state index contributed by atoms with van der Waals surface area (Å²) in [4.78, 5) is 0. The summed E-state index contributed by atoms with van der Waals surface area (Å²) in [5.41, 5.74) is 1.07. The predicted octanol–water partition coefficient (Wildman–Crippen LogP) is 3.34. The van der Waals surface area contributed by atoms with Crippen molar-refractivity contribution in [2.75, 3.05) is 0 Å². The van der Waals surface area contributed by atoms with Crippen LogP contribution in [0.4, 0.5) is 0 Å². The van der Waals surface area contributed by atoms with Gasteiger partial charge < -0.3 is 5.11 Å². The second kappa shape index (κ2) is 4.76. The molecule has 1 unspecified atom stereocenters. The van der Waals surface area contributed by atoms with E-state index < -0.39 is 0 Å². The largest absolute Gasteiger partial charge is 0.388 e. The van der Waals surface area contributed by atoms with Gasteiger partial charge in [-0.3, -0.25) is 0 Å². The van der Waals surface area contributed by atoms with E-state index in [4.69, 9.17) is 0 Å². The summed E-state index contributed by atoms with van der Waals surface area (Å²) < 4.78 is 2.29. The Balaban J connectivity index is 3.12. The summed E-state index contributed by atoms with van der Waals surface area (Å²) in [6.45, 7) is 1.99. The second-order valence-electron chi connectivity index (χ2n) is 2.56. The van der Waals surface area contributed by atoms with Crippen molar-refractivity contribution >= 4 is 45.2 Å². The summed E-state index contributed by atoms with van der Waals surface area (Å²) >= 11 is 4.52. The maximum absolute atomic E-state index is 9.68. The molecule has 0 fully saturated rings. The van der Waals surface area contributed by atoms with Crippen LogP contribution in [0.15, 0.2) is 18.2 Å². The minimum Gasteiger partial charge on any atom is -0.388 e. The summed E-state index contributed by atoms with van der Waals surface area (Å²) in [7, 11) is 0. The maximum atomic E-state index is 9.68. The first-order valence-electron chi connectivity index (χ1n) is 3.78. The molecule has 1 rings (SSSR count). The lowest BCUT2D eigenvalue weighted by Gasteiger charge is -2.12. The zero-order chi connectivity index (χ0) is 9.14. The van der Waals surface area contributed by atoms with E-state index in [9.17, 15) is 5.11 Å². The molecular weight excluding hydrogens is 378 g/mol. The van der Waals surface area contributed by atoms with Gasteiger partial charge in [0, 0.05) is 12.7 Å². The van der Waals surface area contributed by atoms with Crippen molar-refractivity contribution in [3.8, 4) is 0 Å². The highest BCUT2D eigenvalue weighted by Crippen LogP contribution is 2.26. The number of benzene rings is 1. The first-order chi connectivity index (χ1) is 5.66. The first-order valence-corrected chi connectivity index (χ1v) is 5.94. The molecule has 0 aromatic heterocycles. The Labute approximate surface area is 99.8 Å².